The Morgan fingerprint density at radius 3 is 2.76 bits per heavy atom. The van der Waals surface area contributed by atoms with Crippen molar-refractivity contribution < 1.29 is 14.3 Å². The van der Waals surface area contributed by atoms with E-state index in [-0.39, 0.29) is 11.8 Å². The van der Waals surface area contributed by atoms with Gasteiger partial charge in [0.1, 0.15) is 17.6 Å². The van der Waals surface area contributed by atoms with E-state index in [0.29, 0.717) is 25.3 Å². The van der Waals surface area contributed by atoms with Crippen LogP contribution in [0.3, 0.4) is 0 Å². The van der Waals surface area contributed by atoms with Gasteiger partial charge < -0.3 is 10.1 Å². The number of aromatic nitrogens is 2. The van der Waals surface area contributed by atoms with Crippen molar-refractivity contribution in [1.82, 2.24) is 15.1 Å². The Bertz CT molecular complexity index is 782. The number of carbonyl (C=O) groups is 2. The number of amides is 2. The normalized spacial score (nSPS) is 14.8. The Morgan fingerprint density at radius 2 is 2.08 bits per heavy atom. The predicted molar refractivity (Wildman–Crippen MR) is 93.4 cm³/mol. The maximum atomic E-state index is 12.5. The van der Waals surface area contributed by atoms with E-state index in [1.807, 2.05) is 37.3 Å². The topological polar surface area (TPSA) is 76.5 Å². The molecule has 0 saturated heterocycles. The average Bonchev–Trinajstić information content (AvgIpc) is 2.99. The van der Waals surface area contributed by atoms with Crippen LogP contribution in [0.4, 0.5) is 5.82 Å². The molecular weight excluding hydrogens is 320 g/mol. The molecule has 0 aliphatic carbocycles. The number of hydrogen-bond acceptors (Lipinski definition) is 4. The molecule has 2 aromatic rings. The zero-order valence-corrected chi connectivity index (χ0v) is 14.7. The van der Waals surface area contributed by atoms with Crippen molar-refractivity contribution in [3.05, 3.63) is 41.6 Å². The number of hydrogen-bond donors (Lipinski definition) is 1. The lowest BCUT2D eigenvalue weighted by atomic mass is 10.1. The first-order chi connectivity index (χ1) is 12.0. The summed E-state index contributed by atoms with van der Waals surface area (Å²) in [6, 6.07) is 8.73. The third-order valence-corrected chi connectivity index (χ3v) is 4.33. The first-order valence-corrected chi connectivity index (χ1v) is 8.26. The van der Waals surface area contributed by atoms with Gasteiger partial charge in [0.25, 0.3) is 0 Å². The van der Waals surface area contributed by atoms with Gasteiger partial charge in [-0.3, -0.25) is 14.5 Å². The number of methoxy groups -OCH3 is 1. The van der Waals surface area contributed by atoms with E-state index in [1.165, 1.54) is 4.90 Å². The van der Waals surface area contributed by atoms with Crippen LogP contribution in [0.15, 0.2) is 30.3 Å². The highest BCUT2D eigenvalue weighted by Gasteiger charge is 2.32. The van der Waals surface area contributed by atoms with Gasteiger partial charge in [-0.05, 0) is 31.5 Å². The number of nitrogens with zero attached hydrogens (tertiary/aromatic N) is 3. The summed E-state index contributed by atoms with van der Waals surface area (Å²) in [7, 11) is 1.61. The molecule has 0 radical (unpaired) electrons. The number of carbonyl (C=O) groups excluding carboxylic acids is 2. The van der Waals surface area contributed by atoms with Crippen LogP contribution < -0.4 is 15.0 Å². The molecule has 1 aliphatic rings. The molecule has 0 saturated carbocycles. The first-order valence-electron chi connectivity index (χ1n) is 8.26. The molecule has 2 heterocycles. The van der Waals surface area contributed by atoms with Crippen molar-refractivity contribution >= 4 is 17.6 Å². The number of anilines is 1. The van der Waals surface area contributed by atoms with Gasteiger partial charge in [-0.1, -0.05) is 12.1 Å². The van der Waals surface area contributed by atoms with Gasteiger partial charge in [0, 0.05) is 19.0 Å². The minimum atomic E-state index is -0.596. The quantitative estimate of drug-likeness (QED) is 0.896. The SMILES string of the molecule is COc1ccc(CNC(=O)C(C)N2C(=O)CCn3nc(C)cc32)cc1. The zero-order valence-electron chi connectivity index (χ0n) is 14.7. The van der Waals surface area contributed by atoms with Gasteiger partial charge in [-0.25, -0.2) is 4.68 Å². The summed E-state index contributed by atoms with van der Waals surface area (Å²) >= 11 is 0. The standard InChI is InChI=1S/C18H22N4O3/c1-12-10-16-21(20-12)9-8-17(23)22(16)13(2)18(24)19-11-14-4-6-15(25-3)7-5-14/h4-7,10,13H,8-9,11H2,1-3H3,(H,19,24). The van der Waals surface area contributed by atoms with E-state index in [0.717, 1.165) is 17.0 Å². The Kier molecular flexibility index (Phi) is 4.74. The van der Waals surface area contributed by atoms with Crippen molar-refractivity contribution in [3.8, 4) is 5.75 Å². The van der Waals surface area contributed by atoms with Crippen molar-refractivity contribution in [2.75, 3.05) is 12.0 Å². The summed E-state index contributed by atoms with van der Waals surface area (Å²) in [4.78, 5) is 26.4. The highest BCUT2D eigenvalue weighted by molar-refractivity contribution is 6.00. The molecule has 3 rings (SSSR count). The second kappa shape index (κ2) is 6.96. The monoisotopic (exact) mass is 342 g/mol. The molecule has 1 aromatic carbocycles. The van der Waals surface area contributed by atoms with E-state index >= 15 is 0 Å². The summed E-state index contributed by atoms with van der Waals surface area (Å²) < 4.78 is 6.90. The molecule has 7 heteroatoms. The number of aryl methyl sites for hydroxylation is 2. The van der Waals surface area contributed by atoms with Crippen LogP contribution in [-0.2, 0) is 22.7 Å². The van der Waals surface area contributed by atoms with E-state index < -0.39 is 6.04 Å². The predicted octanol–water partition coefficient (Wildman–Crippen LogP) is 1.64. The number of rotatable bonds is 5. The zero-order chi connectivity index (χ0) is 18.0. The molecule has 0 spiro atoms. The average molecular weight is 342 g/mol. The van der Waals surface area contributed by atoms with Crippen LogP contribution in [0.2, 0.25) is 0 Å². The molecular formula is C18H22N4O3. The summed E-state index contributed by atoms with van der Waals surface area (Å²) in [5.41, 5.74) is 1.80. The Balaban J connectivity index is 1.68. The lowest BCUT2D eigenvalue weighted by Gasteiger charge is -2.31. The molecule has 1 atom stereocenters. The Labute approximate surface area is 146 Å². The number of nitrogens with one attached hydrogen (secondary N) is 1. The molecule has 25 heavy (non-hydrogen) atoms. The molecule has 7 nitrogen and oxygen atoms in total. The number of benzene rings is 1. The minimum Gasteiger partial charge on any atom is -0.497 e. The fraction of sp³-hybridized carbons (Fsp3) is 0.389. The van der Waals surface area contributed by atoms with Gasteiger partial charge in [0.15, 0.2) is 0 Å². The third kappa shape index (κ3) is 3.50. The maximum absolute atomic E-state index is 12.5. The van der Waals surface area contributed by atoms with Crippen LogP contribution in [0, 0.1) is 6.92 Å². The Morgan fingerprint density at radius 1 is 1.36 bits per heavy atom. The Hall–Kier alpha value is -2.83. The second-order valence-electron chi connectivity index (χ2n) is 6.12. The van der Waals surface area contributed by atoms with Gasteiger partial charge in [0.05, 0.1) is 19.3 Å². The fourth-order valence-corrected chi connectivity index (χ4v) is 2.95. The smallest absolute Gasteiger partial charge is 0.243 e. The van der Waals surface area contributed by atoms with E-state index in [2.05, 4.69) is 10.4 Å². The largest absolute Gasteiger partial charge is 0.497 e. The maximum Gasteiger partial charge on any atom is 0.243 e. The molecule has 1 aromatic heterocycles. The summed E-state index contributed by atoms with van der Waals surface area (Å²) in [5.74, 6) is 1.20. The van der Waals surface area contributed by atoms with E-state index in [1.54, 1.807) is 18.7 Å². The molecule has 2 amide bonds. The fourth-order valence-electron chi connectivity index (χ4n) is 2.95. The molecule has 1 aliphatic heterocycles. The van der Waals surface area contributed by atoms with Crippen LogP contribution in [0.1, 0.15) is 24.6 Å². The summed E-state index contributed by atoms with van der Waals surface area (Å²) in [6.45, 7) is 4.56. The van der Waals surface area contributed by atoms with Crippen LogP contribution in [0.25, 0.3) is 0 Å². The van der Waals surface area contributed by atoms with Crippen LogP contribution in [-0.4, -0.2) is 34.7 Å². The van der Waals surface area contributed by atoms with Crippen LogP contribution >= 0.6 is 0 Å². The van der Waals surface area contributed by atoms with Gasteiger partial charge in [-0.2, -0.15) is 5.10 Å². The van der Waals surface area contributed by atoms with Crippen molar-refractivity contribution in [1.29, 1.82) is 0 Å². The first kappa shape index (κ1) is 17.0. The van der Waals surface area contributed by atoms with Gasteiger partial charge >= 0.3 is 0 Å². The minimum absolute atomic E-state index is 0.0560. The van der Waals surface area contributed by atoms with Crippen molar-refractivity contribution in [3.63, 3.8) is 0 Å². The van der Waals surface area contributed by atoms with E-state index in [4.69, 9.17) is 4.74 Å². The van der Waals surface area contributed by atoms with Crippen molar-refractivity contribution in [2.24, 2.45) is 0 Å². The number of ether oxygens (including phenoxy) is 1. The lowest BCUT2D eigenvalue weighted by molar-refractivity contribution is -0.126. The lowest BCUT2D eigenvalue weighted by Crippen LogP contribution is -2.50. The van der Waals surface area contributed by atoms with E-state index in [9.17, 15) is 9.59 Å². The highest BCUT2D eigenvalue weighted by Crippen LogP contribution is 2.24. The number of fused-ring (bicyclic) bond motifs is 1. The molecule has 1 N–H and O–H groups in total. The third-order valence-electron chi connectivity index (χ3n) is 4.33. The molecule has 1 unspecified atom stereocenters. The van der Waals surface area contributed by atoms with Crippen LogP contribution in [0.5, 0.6) is 5.75 Å². The summed E-state index contributed by atoms with van der Waals surface area (Å²) in [5, 5.41) is 7.26. The second-order valence-corrected chi connectivity index (χ2v) is 6.12. The van der Waals surface area contributed by atoms with Gasteiger partial charge in [-0.15, -0.1) is 0 Å². The van der Waals surface area contributed by atoms with Gasteiger partial charge in [0.2, 0.25) is 11.8 Å². The molecule has 132 valence electrons. The highest BCUT2D eigenvalue weighted by atomic mass is 16.5. The molecule has 0 bridgehead atoms. The van der Waals surface area contributed by atoms with Crippen molar-refractivity contribution in [2.45, 2.75) is 39.4 Å². The summed E-state index contributed by atoms with van der Waals surface area (Å²) in [6.07, 6.45) is 0.351. The molecule has 0 fully saturated rings.